The van der Waals surface area contributed by atoms with Crippen molar-refractivity contribution in [1.82, 2.24) is 0 Å². The summed E-state index contributed by atoms with van der Waals surface area (Å²) in [5.41, 5.74) is 0. The molecular formula is CH4S7. The second-order valence-electron chi connectivity index (χ2n) is 1.13. The second kappa shape index (κ2) is 2.89. The molecule has 8 heavy (non-hydrogen) atoms. The minimum absolute atomic E-state index is 1.60. The van der Waals surface area contributed by atoms with E-state index in [1.165, 1.54) is 0 Å². The molecule has 0 saturated heterocycles. The topological polar surface area (TPSA) is 0 Å². The summed E-state index contributed by atoms with van der Waals surface area (Å²) < 4.78 is 0. The molecule has 0 radical (unpaired) electrons. The maximum Gasteiger partial charge on any atom is 0.0149 e. The van der Waals surface area contributed by atoms with Crippen molar-refractivity contribution in [3.63, 3.8) is 0 Å². The van der Waals surface area contributed by atoms with Crippen LogP contribution in [0.2, 0.25) is 0 Å². The highest BCUT2D eigenvalue weighted by Gasteiger charge is 1.99. The molecule has 0 heterocycles. The van der Waals surface area contributed by atoms with Crippen molar-refractivity contribution in [3.05, 3.63) is 0 Å². The molecule has 0 aromatic carbocycles. The van der Waals surface area contributed by atoms with Gasteiger partial charge >= 0.3 is 0 Å². The van der Waals surface area contributed by atoms with Gasteiger partial charge in [-0.25, -0.2) is 0 Å². The van der Waals surface area contributed by atoms with Gasteiger partial charge < -0.3 is 0 Å². The molecule has 0 fully saturated rings. The third-order valence-corrected chi connectivity index (χ3v) is 19.6. The van der Waals surface area contributed by atoms with Gasteiger partial charge in [-0.1, -0.05) is 11.7 Å². The molecule has 0 aliphatic carbocycles. The molecule has 0 aliphatic rings. The van der Waals surface area contributed by atoms with Crippen molar-refractivity contribution in [2.45, 2.75) is 0 Å². The predicted molar refractivity (Wildman–Crippen MR) is 59.1 cm³/mol. The summed E-state index contributed by atoms with van der Waals surface area (Å²) in [7, 11) is 0. The van der Waals surface area contributed by atoms with Gasteiger partial charge in [0.25, 0.3) is 0 Å². The maximum absolute atomic E-state index is 4.87. The van der Waals surface area contributed by atoms with E-state index >= 15 is 0 Å². The zero-order valence-electron chi connectivity index (χ0n) is 3.90. The van der Waals surface area contributed by atoms with Crippen molar-refractivity contribution in [2.24, 2.45) is 0 Å². The van der Waals surface area contributed by atoms with Gasteiger partial charge in [0, 0.05) is 11.5 Å². The third kappa shape index (κ3) is 3.19. The van der Waals surface area contributed by atoms with Crippen LogP contribution in [0.1, 0.15) is 0 Å². The Morgan fingerprint density at radius 1 is 1.12 bits per heavy atom. The lowest BCUT2D eigenvalue weighted by Gasteiger charge is -2.02. The van der Waals surface area contributed by atoms with Crippen LogP contribution in [0.5, 0.6) is 0 Å². The monoisotopic (exact) mass is 240 g/mol. The minimum atomic E-state index is -1.77. The highest BCUT2D eigenvalue weighted by molar-refractivity contribution is 9.29. The number of rotatable bonds is 1. The number of hydrogen-bond acceptors (Lipinski definition) is 4. The standard InChI is InChI=1S/CH4S7/c1-7(2,3)8(4,5)6/h1H3,(H,4,5,6). The van der Waals surface area contributed by atoms with E-state index in [2.05, 4.69) is 11.7 Å². The lowest BCUT2D eigenvalue weighted by Crippen LogP contribution is -1.98. The van der Waals surface area contributed by atoms with Crippen LogP contribution in [0.15, 0.2) is 0 Å². The SMILES string of the molecule is CS(=S)(=S)S(=S)(=S)S. The summed E-state index contributed by atoms with van der Waals surface area (Å²) >= 11 is 23.3. The van der Waals surface area contributed by atoms with E-state index in [1.54, 1.807) is 6.26 Å². The molecule has 0 amide bonds. The van der Waals surface area contributed by atoms with Gasteiger partial charge in [-0.3, -0.25) is 0 Å². The van der Waals surface area contributed by atoms with E-state index in [4.69, 9.17) is 44.8 Å². The molecule has 0 unspecified atom stereocenters. The average Bonchev–Trinajstić information content (AvgIpc) is 1.25. The van der Waals surface area contributed by atoms with Gasteiger partial charge in [-0.2, -0.15) is 0 Å². The van der Waals surface area contributed by atoms with Gasteiger partial charge in [0.2, 0.25) is 0 Å². The summed E-state index contributed by atoms with van der Waals surface area (Å²) in [6.45, 7) is 0. The zero-order valence-corrected chi connectivity index (χ0v) is 9.69. The summed E-state index contributed by atoms with van der Waals surface area (Å²) in [5.74, 6) is 0. The molecule has 0 atom stereocenters. The Kier molecular flexibility index (Phi) is 3.59. The van der Waals surface area contributed by atoms with Crippen LogP contribution >= 0.6 is 11.7 Å². The van der Waals surface area contributed by atoms with E-state index in [9.17, 15) is 0 Å². The van der Waals surface area contributed by atoms with Gasteiger partial charge in [0.05, 0.1) is 0 Å². The van der Waals surface area contributed by atoms with Crippen molar-refractivity contribution in [1.29, 1.82) is 0 Å². The quantitative estimate of drug-likeness (QED) is 0.524. The Bertz CT molecular complexity index is 217. The first-order valence-electron chi connectivity index (χ1n) is 1.42. The Labute approximate surface area is 73.3 Å². The molecule has 0 aromatic rings. The van der Waals surface area contributed by atoms with E-state index in [1.807, 2.05) is 0 Å². The second-order valence-corrected chi connectivity index (χ2v) is 21.6. The van der Waals surface area contributed by atoms with Crippen LogP contribution in [0.4, 0.5) is 0 Å². The summed E-state index contributed by atoms with van der Waals surface area (Å²) in [6.07, 6.45) is 0.140. The first-order valence-corrected chi connectivity index (χ1v) is 10.4. The Morgan fingerprint density at radius 3 is 1.25 bits per heavy atom. The molecule has 0 rings (SSSR count). The molecule has 0 saturated carbocycles. The smallest absolute Gasteiger partial charge is 0.0149 e. The Morgan fingerprint density at radius 2 is 1.25 bits per heavy atom. The van der Waals surface area contributed by atoms with Crippen LogP contribution < -0.4 is 0 Å². The molecule has 50 valence electrons. The average molecular weight is 241 g/mol. The number of thiol groups is 1. The lowest BCUT2D eigenvalue weighted by molar-refractivity contribution is 2.53. The molecule has 0 N–H and O–H groups in total. The molecule has 7 heteroatoms. The summed E-state index contributed by atoms with van der Waals surface area (Å²) in [4.78, 5) is 0. The van der Waals surface area contributed by atoms with Crippen LogP contribution in [0.25, 0.3) is 0 Å². The first-order chi connectivity index (χ1) is 3.25. The third-order valence-electron chi connectivity index (χ3n) is 0.383. The largest absolute Gasteiger partial charge is 0.0925 e. The van der Waals surface area contributed by atoms with Gasteiger partial charge in [0.1, 0.15) is 0 Å². The van der Waals surface area contributed by atoms with Crippen molar-refractivity contribution >= 4 is 67.8 Å². The van der Waals surface area contributed by atoms with E-state index in [-0.39, 0.29) is 0 Å². The van der Waals surface area contributed by atoms with Gasteiger partial charge in [-0.15, -0.1) is 0 Å². The minimum Gasteiger partial charge on any atom is -0.0925 e. The van der Waals surface area contributed by atoms with E-state index < -0.39 is 11.4 Å². The Balaban J connectivity index is 5.18. The number of hydrogen-bond donors (Lipinski definition) is 1. The van der Waals surface area contributed by atoms with E-state index in [0.29, 0.717) is 0 Å². The zero-order chi connectivity index (χ0) is 7.00. The first kappa shape index (κ1) is 9.93. The molecule has 0 nitrogen and oxygen atoms in total. The fraction of sp³-hybridized carbons (Fsp3) is 1.00. The normalized spacial score (nSPS) is 13.8. The molecule has 0 bridgehead atoms. The highest BCUT2D eigenvalue weighted by atomic mass is 33.9. The fourth-order valence-electron chi connectivity index (χ4n) is 0. The highest BCUT2D eigenvalue weighted by Crippen LogP contribution is 2.07. The molecule has 0 aromatic heterocycles. The predicted octanol–water partition coefficient (Wildman–Crippen LogP) is 0.532. The van der Waals surface area contributed by atoms with Crippen molar-refractivity contribution in [2.75, 3.05) is 6.26 Å². The lowest BCUT2D eigenvalue weighted by atomic mass is 12.0. The van der Waals surface area contributed by atoms with Crippen LogP contribution in [-0.4, -0.2) is 6.26 Å². The Hall–Kier alpha value is 1.93. The molecule has 0 aliphatic heterocycles. The van der Waals surface area contributed by atoms with Crippen molar-refractivity contribution < 1.29 is 0 Å². The van der Waals surface area contributed by atoms with Crippen LogP contribution in [0.3, 0.4) is 0 Å². The van der Waals surface area contributed by atoms with Crippen LogP contribution in [0, 0.1) is 0 Å². The van der Waals surface area contributed by atoms with Crippen LogP contribution in [-0.2, 0) is 56.1 Å². The molecular weight excluding hydrogens is 236 g/mol. The van der Waals surface area contributed by atoms with E-state index in [0.717, 1.165) is 0 Å². The fourth-order valence-corrected chi connectivity index (χ4v) is 0. The summed E-state index contributed by atoms with van der Waals surface area (Å²) in [6, 6.07) is 0. The maximum atomic E-state index is 4.87. The summed E-state index contributed by atoms with van der Waals surface area (Å²) in [5, 5.41) is -1.77. The van der Waals surface area contributed by atoms with Gasteiger partial charge in [0.15, 0.2) is 0 Å². The molecule has 0 spiro atoms. The van der Waals surface area contributed by atoms with Gasteiger partial charge in [-0.05, 0) is 50.9 Å². The van der Waals surface area contributed by atoms with Crippen molar-refractivity contribution in [3.8, 4) is 0 Å².